The molecular weight excluding hydrogens is 140 g/mol. The molecule has 2 atom stereocenters. The van der Waals surface area contributed by atoms with E-state index in [-0.39, 0.29) is 17.3 Å². The van der Waals surface area contributed by atoms with Crippen LogP contribution in [0.5, 0.6) is 0 Å². The highest BCUT2D eigenvalue weighted by molar-refractivity contribution is 5.77. The van der Waals surface area contributed by atoms with Gasteiger partial charge in [0.1, 0.15) is 0 Å². The van der Waals surface area contributed by atoms with Crippen LogP contribution >= 0.6 is 0 Å². The van der Waals surface area contributed by atoms with Crippen LogP contribution in [0.25, 0.3) is 0 Å². The van der Waals surface area contributed by atoms with Gasteiger partial charge in [-0.2, -0.15) is 0 Å². The first kappa shape index (κ1) is 8.57. The maximum absolute atomic E-state index is 11.2. The molecule has 0 radical (unpaired) electrons. The number of hydrogen-bond acceptors (Lipinski definition) is 2. The van der Waals surface area contributed by atoms with Crippen molar-refractivity contribution in [3.63, 3.8) is 0 Å². The molecule has 2 nitrogen and oxygen atoms in total. The lowest BCUT2D eigenvalue weighted by Gasteiger charge is -2.01. The van der Waals surface area contributed by atoms with Gasteiger partial charge in [0.15, 0.2) is 0 Å². The minimum atomic E-state index is -0.0231. The van der Waals surface area contributed by atoms with E-state index in [4.69, 9.17) is 4.74 Å². The van der Waals surface area contributed by atoms with Gasteiger partial charge in [0.2, 0.25) is 0 Å². The predicted octanol–water partition coefficient (Wildman–Crippen LogP) is 1.84. The maximum Gasteiger partial charge on any atom is 0.309 e. The normalized spacial score (nSPS) is 33.1. The van der Waals surface area contributed by atoms with Crippen molar-refractivity contribution < 1.29 is 9.53 Å². The summed E-state index contributed by atoms with van der Waals surface area (Å²) in [6, 6.07) is 0. The van der Waals surface area contributed by atoms with E-state index >= 15 is 0 Å². The molecule has 0 aromatic heterocycles. The Morgan fingerprint density at radius 2 is 2.00 bits per heavy atom. The van der Waals surface area contributed by atoms with E-state index in [1.54, 1.807) is 0 Å². The second kappa shape index (κ2) is 2.50. The molecule has 1 fully saturated rings. The lowest BCUT2D eigenvalue weighted by Crippen LogP contribution is -2.10. The van der Waals surface area contributed by atoms with Crippen molar-refractivity contribution in [2.75, 3.05) is 6.61 Å². The molecule has 2 unspecified atom stereocenters. The number of carbonyl (C=O) groups excluding carboxylic acids is 1. The number of rotatable bonds is 2. The van der Waals surface area contributed by atoms with Gasteiger partial charge < -0.3 is 4.74 Å². The Kier molecular flexibility index (Phi) is 1.95. The fraction of sp³-hybridized carbons (Fsp3) is 0.889. The first-order valence-corrected chi connectivity index (χ1v) is 4.18. The minimum Gasteiger partial charge on any atom is -0.466 e. The molecule has 0 saturated heterocycles. The van der Waals surface area contributed by atoms with E-state index in [9.17, 15) is 4.79 Å². The lowest BCUT2D eigenvalue weighted by molar-refractivity contribution is -0.145. The molecule has 0 aliphatic heterocycles. The average molecular weight is 156 g/mol. The molecule has 11 heavy (non-hydrogen) atoms. The van der Waals surface area contributed by atoms with Gasteiger partial charge in [-0.1, -0.05) is 20.8 Å². The number of ether oxygens (including phenoxy) is 1. The Morgan fingerprint density at radius 1 is 1.55 bits per heavy atom. The zero-order chi connectivity index (χ0) is 8.65. The van der Waals surface area contributed by atoms with Crippen molar-refractivity contribution in [3.8, 4) is 0 Å². The summed E-state index contributed by atoms with van der Waals surface area (Å²) < 4.78 is 4.93. The molecule has 64 valence electrons. The highest BCUT2D eigenvalue weighted by Crippen LogP contribution is 2.58. The highest BCUT2D eigenvalue weighted by atomic mass is 16.5. The van der Waals surface area contributed by atoms with Crippen LogP contribution in [0.15, 0.2) is 0 Å². The second-order valence-electron chi connectivity index (χ2n) is 3.84. The molecule has 0 aromatic rings. The fourth-order valence-corrected chi connectivity index (χ4v) is 1.63. The van der Waals surface area contributed by atoms with Crippen molar-refractivity contribution in [1.29, 1.82) is 0 Å². The molecule has 1 aliphatic carbocycles. The van der Waals surface area contributed by atoms with Crippen LogP contribution in [0.1, 0.15) is 27.7 Å². The molecular formula is C9H16O2. The third-order valence-electron chi connectivity index (χ3n) is 2.91. The third kappa shape index (κ3) is 1.26. The highest BCUT2D eigenvalue weighted by Gasteiger charge is 2.59. The molecule has 0 amide bonds. The maximum atomic E-state index is 11.2. The average Bonchev–Trinajstić information content (AvgIpc) is 2.34. The molecule has 1 aliphatic rings. The second-order valence-corrected chi connectivity index (χ2v) is 3.84. The standard InChI is InChI=1S/C9H16O2/c1-5-11-8(10)7-6(2)9(7,3)4/h6-7H,5H2,1-4H3. The molecule has 0 bridgehead atoms. The van der Waals surface area contributed by atoms with Gasteiger partial charge in [0.05, 0.1) is 12.5 Å². The SMILES string of the molecule is CCOC(=O)C1C(C)C1(C)C. The quantitative estimate of drug-likeness (QED) is 0.570. The van der Waals surface area contributed by atoms with Crippen LogP contribution < -0.4 is 0 Å². The largest absolute Gasteiger partial charge is 0.466 e. The summed E-state index contributed by atoms with van der Waals surface area (Å²) in [6.45, 7) is 8.66. The monoisotopic (exact) mass is 156 g/mol. The molecule has 1 saturated carbocycles. The van der Waals surface area contributed by atoms with Crippen LogP contribution in [0.4, 0.5) is 0 Å². The van der Waals surface area contributed by atoms with Gasteiger partial charge >= 0.3 is 5.97 Å². The summed E-state index contributed by atoms with van der Waals surface area (Å²) in [6.07, 6.45) is 0. The van der Waals surface area contributed by atoms with Gasteiger partial charge in [0, 0.05) is 0 Å². The minimum absolute atomic E-state index is 0.0231. The third-order valence-corrected chi connectivity index (χ3v) is 2.91. The summed E-state index contributed by atoms with van der Waals surface area (Å²) in [5, 5.41) is 0. The summed E-state index contributed by atoms with van der Waals surface area (Å²) in [5.41, 5.74) is 0.173. The summed E-state index contributed by atoms with van der Waals surface area (Å²) >= 11 is 0. The van der Waals surface area contributed by atoms with E-state index in [1.807, 2.05) is 6.92 Å². The Bertz CT molecular complexity index is 172. The van der Waals surface area contributed by atoms with E-state index in [0.29, 0.717) is 12.5 Å². The van der Waals surface area contributed by atoms with Crippen molar-refractivity contribution in [3.05, 3.63) is 0 Å². The Morgan fingerprint density at radius 3 is 2.27 bits per heavy atom. The van der Waals surface area contributed by atoms with Crippen LogP contribution in [-0.2, 0) is 9.53 Å². The Balaban J connectivity index is 2.47. The zero-order valence-corrected chi connectivity index (χ0v) is 7.68. The predicted molar refractivity (Wildman–Crippen MR) is 43.1 cm³/mol. The summed E-state index contributed by atoms with van der Waals surface area (Å²) in [7, 11) is 0. The first-order chi connectivity index (χ1) is 5.01. The smallest absolute Gasteiger partial charge is 0.309 e. The number of hydrogen-bond donors (Lipinski definition) is 0. The molecule has 0 heterocycles. The Hall–Kier alpha value is -0.530. The van der Waals surface area contributed by atoms with Gasteiger partial charge in [0.25, 0.3) is 0 Å². The van der Waals surface area contributed by atoms with E-state index in [2.05, 4.69) is 20.8 Å². The van der Waals surface area contributed by atoms with Crippen LogP contribution in [0, 0.1) is 17.3 Å². The lowest BCUT2D eigenvalue weighted by atomic mass is 10.1. The number of carbonyl (C=O) groups is 1. The van der Waals surface area contributed by atoms with Crippen LogP contribution in [0.3, 0.4) is 0 Å². The first-order valence-electron chi connectivity index (χ1n) is 4.18. The van der Waals surface area contributed by atoms with Gasteiger partial charge in [-0.3, -0.25) is 4.79 Å². The topological polar surface area (TPSA) is 26.3 Å². The van der Waals surface area contributed by atoms with E-state index < -0.39 is 0 Å². The fourth-order valence-electron chi connectivity index (χ4n) is 1.63. The van der Waals surface area contributed by atoms with Crippen molar-refractivity contribution in [2.45, 2.75) is 27.7 Å². The van der Waals surface area contributed by atoms with Crippen molar-refractivity contribution in [2.24, 2.45) is 17.3 Å². The van der Waals surface area contributed by atoms with Gasteiger partial charge in [-0.25, -0.2) is 0 Å². The van der Waals surface area contributed by atoms with E-state index in [0.717, 1.165) is 0 Å². The van der Waals surface area contributed by atoms with E-state index in [1.165, 1.54) is 0 Å². The molecule has 0 spiro atoms. The zero-order valence-electron chi connectivity index (χ0n) is 7.68. The summed E-state index contributed by atoms with van der Waals surface area (Å²) in [5.74, 6) is 0.606. The summed E-state index contributed by atoms with van der Waals surface area (Å²) in [4.78, 5) is 11.2. The van der Waals surface area contributed by atoms with Gasteiger partial charge in [-0.15, -0.1) is 0 Å². The van der Waals surface area contributed by atoms with Gasteiger partial charge in [-0.05, 0) is 18.3 Å². The van der Waals surface area contributed by atoms with Crippen LogP contribution in [-0.4, -0.2) is 12.6 Å². The molecule has 1 rings (SSSR count). The van der Waals surface area contributed by atoms with Crippen molar-refractivity contribution >= 4 is 5.97 Å². The molecule has 0 N–H and O–H groups in total. The molecule has 0 aromatic carbocycles. The Labute approximate surface area is 67.9 Å². The molecule has 2 heteroatoms. The van der Waals surface area contributed by atoms with Crippen LogP contribution in [0.2, 0.25) is 0 Å². The number of esters is 1. The van der Waals surface area contributed by atoms with Crippen molar-refractivity contribution in [1.82, 2.24) is 0 Å².